The Hall–Kier alpha value is -1.26. The molecule has 0 aromatic carbocycles. The molecule has 0 saturated heterocycles. The first-order valence-electron chi connectivity index (χ1n) is 4.76. The van der Waals surface area contributed by atoms with Crippen LogP contribution < -0.4 is 5.32 Å². The van der Waals surface area contributed by atoms with E-state index in [1.54, 1.807) is 6.26 Å². The molecule has 3 heterocycles. The average molecular weight is 226 g/mol. The van der Waals surface area contributed by atoms with E-state index < -0.39 is 0 Å². The summed E-state index contributed by atoms with van der Waals surface area (Å²) in [5.74, 6) is 0.839. The van der Waals surface area contributed by atoms with E-state index in [-0.39, 0.29) is 12.4 Å². The molecule has 0 radical (unpaired) electrons. The van der Waals surface area contributed by atoms with Gasteiger partial charge in [0.2, 0.25) is 0 Å². The van der Waals surface area contributed by atoms with Gasteiger partial charge in [0.1, 0.15) is 5.69 Å². The minimum absolute atomic E-state index is 0. The molecular formula is C10H12ClN3O. The van der Waals surface area contributed by atoms with E-state index in [0.717, 1.165) is 31.0 Å². The number of rotatable bonds is 1. The zero-order chi connectivity index (χ0) is 9.38. The van der Waals surface area contributed by atoms with Crippen LogP contribution in [0, 0.1) is 0 Å². The highest BCUT2D eigenvalue weighted by Crippen LogP contribution is 2.25. The summed E-state index contributed by atoms with van der Waals surface area (Å²) >= 11 is 0. The van der Waals surface area contributed by atoms with Gasteiger partial charge in [-0.05, 0) is 12.1 Å². The Morgan fingerprint density at radius 3 is 3.13 bits per heavy atom. The second-order valence-corrected chi connectivity index (χ2v) is 3.43. The van der Waals surface area contributed by atoms with E-state index in [1.165, 1.54) is 11.3 Å². The largest absolute Gasteiger partial charge is 0.463 e. The van der Waals surface area contributed by atoms with Crippen LogP contribution >= 0.6 is 12.4 Å². The van der Waals surface area contributed by atoms with Crippen molar-refractivity contribution in [1.29, 1.82) is 0 Å². The Bertz CT molecular complexity index is 435. The monoisotopic (exact) mass is 225 g/mol. The van der Waals surface area contributed by atoms with Crippen molar-refractivity contribution in [1.82, 2.24) is 15.5 Å². The molecule has 80 valence electrons. The number of halogens is 1. The number of aromatic amines is 1. The lowest BCUT2D eigenvalue weighted by atomic mass is 10.1. The van der Waals surface area contributed by atoms with Gasteiger partial charge in [-0.3, -0.25) is 5.10 Å². The van der Waals surface area contributed by atoms with Gasteiger partial charge in [-0.2, -0.15) is 5.10 Å². The summed E-state index contributed by atoms with van der Waals surface area (Å²) in [5.41, 5.74) is 3.42. The summed E-state index contributed by atoms with van der Waals surface area (Å²) in [6.07, 6.45) is 2.69. The van der Waals surface area contributed by atoms with Gasteiger partial charge >= 0.3 is 0 Å². The number of aromatic nitrogens is 2. The molecule has 3 rings (SSSR count). The van der Waals surface area contributed by atoms with Crippen LogP contribution in [0.25, 0.3) is 11.5 Å². The number of furan rings is 1. The standard InChI is InChI=1S/C10H11N3O.ClH/c1-2-9(14-5-1)10-7-6-11-4-3-8(7)12-13-10;/h1-2,5,11H,3-4,6H2,(H,12,13);1H. The summed E-state index contributed by atoms with van der Waals surface area (Å²) < 4.78 is 5.33. The van der Waals surface area contributed by atoms with Crippen molar-refractivity contribution in [2.45, 2.75) is 13.0 Å². The summed E-state index contributed by atoms with van der Waals surface area (Å²) in [7, 11) is 0. The number of nitrogens with zero attached hydrogens (tertiary/aromatic N) is 1. The second-order valence-electron chi connectivity index (χ2n) is 3.43. The van der Waals surface area contributed by atoms with Gasteiger partial charge in [0.05, 0.1) is 6.26 Å². The predicted octanol–water partition coefficient (Wildman–Crippen LogP) is 1.74. The van der Waals surface area contributed by atoms with Gasteiger partial charge in [-0.15, -0.1) is 12.4 Å². The van der Waals surface area contributed by atoms with Crippen molar-refractivity contribution in [3.8, 4) is 11.5 Å². The normalized spacial score (nSPS) is 14.4. The van der Waals surface area contributed by atoms with Crippen molar-refractivity contribution in [2.24, 2.45) is 0 Å². The number of hydrogen-bond acceptors (Lipinski definition) is 3. The Balaban J connectivity index is 0.000000853. The van der Waals surface area contributed by atoms with Gasteiger partial charge < -0.3 is 9.73 Å². The fraction of sp³-hybridized carbons (Fsp3) is 0.300. The highest BCUT2D eigenvalue weighted by molar-refractivity contribution is 5.85. The van der Waals surface area contributed by atoms with Crippen molar-refractivity contribution in [3.63, 3.8) is 0 Å². The maximum atomic E-state index is 5.33. The van der Waals surface area contributed by atoms with Crippen LogP contribution in [-0.4, -0.2) is 16.7 Å². The van der Waals surface area contributed by atoms with E-state index in [9.17, 15) is 0 Å². The van der Waals surface area contributed by atoms with Crippen molar-refractivity contribution < 1.29 is 4.42 Å². The van der Waals surface area contributed by atoms with Gasteiger partial charge in [-0.25, -0.2) is 0 Å². The number of fused-ring (bicyclic) bond motifs is 1. The van der Waals surface area contributed by atoms with Crippen molar-refractivity contribution in [3.05, 3.63) is 29.7 Å². The average Bonchev–Trinajstić information content (AvgIpc) is 2.85. The van der Waals surface area contributed by atoms with E-state index in [0.29, 0.717) is 0 Å². The lowest BCUT2D eigenvalue weighted by molar-refractivity contribution is 0.577. The van der Waals surface area contributed by atoms with Crippen LogP contribution in [0.15, 0.2) is 22.8 Å². The third-order valence-electron chi connectivity index (χ3n) is 2.56. The second kappa shape index (κ2) is 4.08. The van der Waals surface area contributed by atoms with Crippen molar-refractivity contribution >= 4 is 12.4 Å². The van der Waals surface area contributed by atoms with E-state index in [4.69, 9.17) is 4.42 Å². The summed E-state index contributed by atoms with van der Waals surface area (Å²) in [5, 5.41) is 10.7. The van der Waals surface area contributed by atoms with E-state index in [1.807, 2.05) is 12.1 Å². The fourth-order valence-electron chi connectivity index (χ4n) is 1.84. The maximum absolute atomic E-state index is 5.33. The van der Waals surface area contributed by atoms with Crippen LogP contribution in [0.3, 0.4) is 0 Å². The molecule has 2 N–H and O–H groups in total. The topological polar surface area (TPSA) is 53.9 Å². The third-order valence-corrected chi connectivity index (χ3v) is 2.56. The molecule has 1 aliphatic rings. The fourth-order valence-corrected chi connectivity index (χ4v) is 1.84. The Labute approximate surface area is 93.5 Å². The molecule has 0 spiro atoms. The molecule has 1 aliphatic heterocycles. The van der Waals surface area contributed by atoms with Crippen LogP contribution in [0.1, 0.15) is 11.3 Å². The summed E-state index contributed by atoms with van der Waals surface area (Å²) in [6, 6.07) is 3.82. The number of H-pyrrole nitrogens is 1. The number of hydrogen-bond donors (Lipinski definition) is 2. The Morgan fingerprint density at radius 1 is 1.40 bits per heavy atom. The van der Waals surface area contributed by atoms with Crippen LogP contribution in [-0.2, 0) is 13.0 Å². The zero-order valence-electron chi connectivity index (χ0n) is 8.12. The number of nitrogens with one attached hydrogen (secondary N) is 2. The molecule has 2 aromatic rings. The van der Waals surface area contributed by atoms with Gasteiger partial charge in [-0.1, -0.05) is 0 Å². The minimum Gasteiger partial charge on any atom is -0.463 e. The van der Waals surface area contributed by atoms with Crippen LogP contribution in [0.5, 0.6) is 0 Å². The highest BCUT2D eigenvalue weighted by atomic mass is 35.5. The molecule has 0 saturated carbocycles. The Morgan fingerprint density at radius 2 is 2.33 bits per heavy atom. The summed E-state index contributed by atoms with van der Waals surface area (Å²) in [4.78, 5) is 0. The molecule has 15 heavy (non-hydrogen) atoms. The molecule has 2 aromatic heterocycles. The first-order chi connectivity index (χ1) is 6.95. The third kappa shape index (κ3) is 1.66. The molecule has 0 unspecified atom stereocenters. The molecule has 4 nitrogen and oxygen atoms in total. The predicted molar refractivity (Wildman–Crippen MR) is 58.9 cm³/mol. The molecule has 0 aliphatic carbocycles. The lowest BCUT2D eigenvalue weighted by Gasteiger charge is -2.11. The van der Waals surface area contributed by atoms with Crippen LogP contribution in [0.4, 0.5) is 0 Å². The van der Waals surface area contributed by atoms with Gasteiger partial charge in [0, 0.05) is 30.8 Å². The smallest absolute Gasteiger partial charge is 0.154 e. The van der Waals surface area contributed by atoms with Gasteiger partial charge in [0.15, 0.2) is 5.76 Å². The van der Waals surface area contributed by atoms with Gasteiger partial charge in [0.25, 0.3) is 0 Å². The molecular weight excluding hydrogens is 214 g/mol. The SMILES string of the molecule is Cl.c1coc(-c2n[nH]c3c2CNCC3)c1. The molecule has 0 fully saturated rings. The maximum Gasteiger partial charge on any atom is 0.154 e. The van der Waals surface area contributed by atoms with Crippen LogP contribution in [0.2, 0.25) is 0 Å². The first kappa shape index (κ1) is 10.3. The molecule has 0 bridgehead atoms. The summed E-state index contributed by atoms with van der Waals surface area (Å²) in [6.45, 7) is 1.90. The Kier molecular flexibility index (Phi) is 2.79. The van der Waals surface area contributed by atoms with E-state index in [2.05, 4.69) is 15.5 Å². The zero-order valence-corrected chi connectivity index (χ0v) is 8.93. The van der Waals surface area contributed by atoms with E-state index >= 15 is 0 Å². The highest BCUT2D eigenvalue weighted by Gasteiger charge is 2.18. The molecule has 0 atom stereocenters. The molecule has 0 amide bonds. The quantitative estimate of drug-likeness (QED) is 0.777. The van der Waals surface area contributed by atoms with Crippen molar-refractivity contribution in [2.75, 3.05) is 6.54 Å². The first-order valence-corrected chi connectivity index (χ1v) is 4.76. The lowest BCUT2D eigenvalue weighted by Crippen LogP contribution is -2.23. The minimum atomic E-state index is 0. The molecule has 5 heteroatoms.